The molecule has 0 spiro atoms. The van der Waals surface area contributed by atoms with Gasteiger partial charge in [0.2, 0.25) is 0 Å². The second-order valence-corrected chi connectivity index (χ2v) is 4.28. The van der Waals surface area contributed by atoms with Crippen LogP contribution in [0, 0.1) is 0 Å². The first-order valence-corrected chi connectivity index (χ1v) is 6.42. The predicted molar refractivity (Wildman–Crippen MR) is 75.9 cm³/mol. The van der Waals surface area contributed by atoms with E-state index in [0.717, 1.165) is 17.7 Å². The Bertz CT molecular complexity index is 485. The Balaban J connectivity index is 1.75. The minimum absolute atomic E-state index is 0.251. The molecule has 2 aromatic carbocycles. The molecule has 0 aromatic heterocycles. The molecule has 2 rings (SSSR count). The minimum atomic E-state index is 0.251. The van der Waals surface area contributed by atoms with Crippen molar-refractivity contribution in [3.8, 4) is 5.75 Å². The van der Waals surface area contributed by atoms with Gasteiger partial charge in [-0.25, -0.2) is 0 Å². The average Bonchev–Trinajstić information content (AvgIpc) is 2.46. The first kappa shape index (κ1) is 13.6. The Labute approximate surface area is 114 Å². The molecule has 0 fully saturated rings. The van der Waals surface area contributed by atoms with Gasteiger partial charge in [-0.2, -0.15) is 0 Å². The van der Waals surface area contributed by atoms with Gasteiger partial charge in [-0.05, 0) is 36.2 Å². The molecule has 0 saturated heterocycles. The van der Waals surface area contributed by atoms with E-state index in [1.165, 1.54) is 5.56 Å². The van der Waals surface area contributed by atoms with Crippen LogP contribution in [0.25, 0.3) is 0 Å². The Hall–Kier alpha value is -1.84. The molecule has 0 aliphatic carbocycles. The predicted octanol–water partition coefficient (Wildman–Crippen LogP) is 2.74. The topological polar surface area (TPSA) is 44.5 Å². The Kier molecular flexibility index (Phi) is 5.41. The minimum Gasteiger partial charge on any atom is -0.468 e. The highest BCUT2D eigenvalue weighted by Crippen LogP contribution is 2.13. The molecular formula is C16H19NO2. The molecule has 0 saturated carbocycles. The van der Waals surface area contributed by atoms with Crippen LogP contribution >= 0.6 is 0 Å². The first-order chi connectivity index (χ1) is 9.38. The molecule has 100 valence electrons. The van der Waals surface area contributed by atoms with Crippen LogP contribution in [0.15, 0.2) is 54.6 Å². The van der Waals surface area contributed by atoms with Gasteiger partial charge >= 0.3 is 0 Å². The summed E-state index contributed by atoms with van der Waals surface area (Å²) >= 11 is 0. The summed E-state index contributed by atoms with van der Waals surface area (Å²) < 4.78 is 11.0. The molecular weight excluding hydrogens is 238 g/mol. The zero-order valence-corrected chi connectivity index (χ0v) is 10.9. The fourth-order valence-corrected chi connectivity index (χ4v) is 1.80. The quantitative estimate of drug-likeness (QED) is 0.612. The lowest BCUT2D eigenvalue weighted by molar-refractivity contribution is 0.00501. The Morgan fingerprint density at radius 2 is 1.68 bits per heavy atom. The van der Waals surface area contributed by atoms with Crippen molar-refractivity contribution < 1.29 is 9.47 Å². The van der Waals surface area contributed by atoms with E-state index in [1.54, 1.807) is 0 Å². The van der Waals surface area contributed by atoms with Crippen LogP contribution in [0.4, 0.5) is 0 Å². The smallest absolute Gasteiger partial charge is 0.189 e. The van der Waals surface area contributed by atoms with Crippen molar-refractivity contribution >= 4 is 0 Å². The molecule has 3 nitrogen and oxygen atoms in total. The van der Waals surface area contributed by atoms with Crippen molar-refractivity contribution in [2.75, 3.05) is 13.3 Å². The summed E-state index contributed by atoms with van der Waals surface area (Å²) in [5.41, 5.74) is 7.86. The maximum absolute atomic E-state index is 5.55. The second-order valence-electron chi connectivity index (χ2n) is 4.28. The summed E-state index contributed by atoms with van der Waals surface area (Å²) in [6.07, 6.45) is 0.863. The van der Waals surface area contributed by atoms with Crippen LogP contribution < -0.4 is 10.5 Å². The van der Waals surface area contributed by atoms with Gasteiger partial charge in [-0.1, -0.05) is 42.5 Å². The van der Waals surface area contributed by atoms with Crippen LogP contribution in [0.3, 0.4) is 0 Å². The summed E-state index contributed by atoms with van der Waals surface area (Å²) in [4.78, 5) is 0. The number of hydrogen-bond acceptors (Lipinski definition) is 3. The highest BCUT2D eigenvalue weighted by Gasteiger charge is 1.97. The summed E-state index contributed by atoms with van der Waals surface area (Å²) in [6.45, 7) is 1.46. The van der Waals surface area contributed by atoms with E-state index in [2.05, 4.69) is 0 Å². The number of benzene rings is 2. The zero-order valence-electron chi connectivity index (χ0n) is 10.9. The fourth-order valence-electron chi connectivity index (χ4n) is 1.80. The maximum atomic E-state index is 5.55. The number of hydrogen-bond donors (Lipinski definition) is 1. The van der Waals surface area contributed by atoms with Crippen molar-refractivity contribution in [2.45, 2.75) is 13.0 Å². The molecule has 19 heavy (non-hydrogen) atoms. The van der Waals surface area contributed by atoms with E-state index >= 15 is 0 Å². The summed E-state index contributed by atoms with van der Waals surface area (Å²) in [6, 6.07) is 18.0. The van der Waals surface area contributed by atoms with Crippen LogP contribution in [-0.2, 0) is 17.8 Å². The fraction of sp³-hybridized carbons (Fsp3) is 0.250. The van der Waals surface area contributed by atoms with Crippen molar-refractivity contribution in [3.63, 3.8) is 0 Å². The molecule has 0 bridgehead atoms. The molecule has 2 aromatic rings. The number of ether oxygens (including phenoxy) is 2. The lowest BCUT2D eigenvalue weighted by Crippen LogP contribution is -2.05. The van der Waals surface area contributed by atoms with E-state index in [9.17, 15) is 0 Å². The van der Waals surface area contributed by atoms with Crippen molar-refractivity contribution in [1.29, 1.82) is 0 Å². The maximum Gasteiger partial charge on any atom is 0.189 e. The Morgan fingerprint density at radius 3 is 2.47 bits per heavy atom. The molecule has 0 radical (unpaired) electrons. The number of rotatable bonds is 7. The lowest BCUT2D eigenvalue weighted by atomic mass is 10.1. The molecule has 0 unspecified atom stereocenters. The van der Waals surface area contributed by atoms with E-state index in [-0.39, 0.29) is 6.79 Å². The van der Waals surface area contributed by atoms with Crippen LogP contribution in [0.1, 0.15) is 11.1 Å². The summed E-state index contributed by atoms with van der Waals surface area (Å²) in [5.74, 6) is 0.819. The molecule has 2 N–H and O–H groups in total. The van der Waals surface area contributed by atoms with Crippen molar-refractivity contribution in [1.82, 2.24) is 0 Å². The number of nitrogens with two attached hydrogens (primary N) is 1. The lowest BCUT2D eigenvalue weighted by Gasteiger charge is -2.08. The Morgan fingerprint density at radius 1 is 0.895 bits per heavy atom. The molecule has 3 heteroatoms. The van der Waals surface area contributed by atoms with Gasteiger partial charge in [0.15, 0.2) is 6.79 Å². The largest absolute Gasteiger partial charge is 0.468 e. The van der Waals surface area contributed by atoms with Gasteiger partial charge < -0.3 is 15.2 Å². The van der Waals surface area contributed by atoms with Gasteiger partial charge in [0.1, 0.15) is 5.75 Å². The van der Waals surface area contributed by atoms with Gasteiger partial charge in [-0.15, -0.1) is 0 Å². The third-order valence-corrected chi connectivity index (χ3v) is 2.75. The van der Waals surface area contributed by atoms with Crippen LogP contribution in [0.5, 0.6) is 5.75 Å². The van der Waals surface area contributed by atoms with E-state index in [1.807, 2.05) is 54.6 Å². The summed E-state index contributed by atoms with van der Waals surface area (Å²) in [5, 5.41) is 0. The van der Waals surface area contributed by atoms with Gasteiger partial charge in [0.25, 0.3) is 0 Å². The van der Waals surface area contributed by atoms with Crippen molar-refractivity contribution in [3.05, 3.63) is 65.7 Å². The summed E-state index contributed by atoms with van der Waals surface area (Å²) in [7, 11) is 0. The monoisotopic (exact) mass is 257 g/mol. The van der Waals surface area contributed by atoms with Crippen molar-refractivity contribution in [2.24, 2.45) is 5.73 Å². The van der Waals surface area contributed by atoms with Crippen LogP contribution in [0.2, 0.25) is 0 Å². The molecule has 0 heterocycles. The van der Waals surface area contributed by atoms with Crippen LogP contribution in [-0.4, -0.2) is 13.3 Å². The van der Waals surface area contributed by atoms with Gasteiger partial charge in [0.05, 0.1) is 6.61 Å². The highest BCUT2D eigenvalue weighted by atomic mass is 16.7. The average molecular weight is 257 g/mol. The molecule has 0 atom stereocenters. The molecule has 0 amide bonds. The third-order valence-electron chi connectivity index (χ3n) is 2.75. The molecule has 0 aliphatic rings. The highest BCUT2D eigenvalue weighted by molar-refractivity contribution is 5.28. The third kappa shape index (κ3) is 4.73. The van der Waals surface area contributed by atoms with E-state index in [0.29, 0.717) is 13.2 Å². The molecule has 0 aliphatic heterocycles. The normalized spacial score (nSPS) is 10.4. The zero-order chi connectivity index (χ0) is 13.3. The van der Waals surface area contributed by atoms with Gasteiger partial charge in [-0.3, -0.25) is 0 Å². The first-order valence-electron chi connectivity index (χ1n) is 6.42. The standard InChI is InChI=1S/C16H19NO2/c17-10-9-14-7-4-8-16(11-14)19-13-18-12-15-5-2-1-3-6-15/h1-8,11H,9-10,12-13,17H2. The van der Waals surface area contributed by atoms with E-state index < -0.39 is 0 Å². The van der Waals surface area contributed by atoms with E-state index in [4.69, 9.17) is 15.2 Å². The van der Waals surface area contributed by atoms with Gasteiger partial charge in [0, 0.05) is 0 Å². The SMILES string of the molecule is NCCc1cccc(OCOCc2ccccc2)c1. The second kappa shape index (κ2) is 7.56.